The highest BCUT2D eigenvalue weighted by Gasteiger charge is 2.51. The number of benzene rings is 1. The van der Waals surface area contributed by atoms with Gasteiger partial charge in [-0.1, -0.05) is 52.1 Å². The second-order valence-corrected chi connectivity index (χ2v) is 8.75. The Morgan fingerprint density at radius 2 is 1.92 bits per heavy atom. The van der Waals surface area contributed by atoms with Crippen molar-refractivity contribution in [2.24, 2.45) is 5.16 Å². The summed E-state index contributed by atoms with van der Waals surface area (Å²) in [6, 6.07) is 5.24. The van der Waals surface area contributed by atoms with Gasteiger partial charge in [0.05, 0.1) is 19.1 Å². The van der Waals surface area contributed by atoms with Gasteiger partial charge in [0.15, 0.2) is 4.33 Å². The van der Waals surface area contributed by atoms with Crippen LogP contribution in [0, 0.1) is 0 Å². The topological polar surface area (TPSA) is 94.1 Å². The van der Waals surface area contributed by atoms with Gasteiger partial charge in [0.25, 0.3) is 0 Å². The summed E-state index contributed by atoms with van der Waals surface area (Å²) in [6.45, 7) is 0. The van der Waals surface area contributed by atoms with Gasteiger partial charge in [-0.05, 0) is 17.7 Å². The third kappa shape index (κ3) is 4.98. The van der Waals surface area contributed by atoms with Gasteiger partial charge in [-0.15, -0.1) is 0 Å². The molecule has 1 N–H and O–H groups in total. The number of carbonyl (C=O) groups excluding carboxylic acids is 1. The summed E-state index contributed by atoms with van der Waals surface area (Å²) in [5.41, 5.74) is 0.754. The molecule has 1 aliphatic rings. The Bertz CT molecular complexity index is 780. The maximum Gasteiger partial charge on any atom is 0.326 e. The zero-order valence-corrected chi connectivity index (χ0v) is 16.3. The quantitative estimate of drug-likeness (QED) is 0.449. The Labute approximate surface area is 160 Å². The third-order valence-electron chi connectivity index (χ3n) is 3.50. The summed E-state index contributed by atoms with van der Waals surface area (Å²) in [5, 5.41) is 7.09. The first kappa shape index (κ1) is 20.3. The predicted molar refractivity (Wildman–Crippen MR) is 95.6 cm³/mol. The largest absolute Gasteiger partial charge is 0.468 e. The molecule has 0 aromatic heterocycles. The molecule has 0 bridgehead atoms. The van der Waals surface area contributed by atoms with E-state index in [2.05, 4.69) is 14.8 Å². The minimum atomic E-state index is -3.86. The molecule has 2 rings (SSSR count). The molecule has 1 aliphatic heterocycles. The number of carbonyl (C=O) groups is 1. The van der Waals surface area contributed by atoms with Gasteiger partial charge in [0.1, 0.15) is 6.04 Å². The molecule has 25 heavy (non-hydrogen) atoms. The molecule has 1 aromatic carbocycles. The number of nitrogens with zero attached hydrogens (tertiary/aromatic N) is 1. The highest BCUT2D eigenvalue weighted by molar-refractivity contribution is 7.85. The summed E-state index contributed by atoms with van der Waals surface area (Å²) < 4.78 is 29.7. The van der Waals surface area contributed by atoms with Crippen LogP contribution in [0.25, 0.3) is 0 Å². The number of esters is 1. The molecule has 2 atom stereocenters. The van der Waals surface area contributed by atoms with Crippen molar-refractivity contribution in [3.8, 4) is 0 Å². The smallest absolute Gasteiger partial charge is 0.326 e. The Hall–Kier alpha value is -1.06. The van der Waals surface area contributed by atoms with E-state index >= 15 is 0 Å². The first-order chi connectivity index (χ1) is 11.5. The lowest BCUT2D eigenvalue weighted by Gasteiger charge is -2.38. The van der Waals surface area contributed by atoms with E-state index in [1.54, 1.807) is 24.3 Å². The van der Waals surface area contributed by atoms with Gasteiger partial charge < -0.3 is 4.74 Å². The van der Waals surface area contributed by atoms with E-state index in [-0.39, 0.29) is 12.1 Å². The molecule has 0 saturated carbocycles. The first-order valence-electron chi connectivity index (χ1n) is 6.97. The van der Waals surface area contributed by atoms with Gasteiger partial charge >= 0.3 is 16.1 Å². The van der Waals surface area contributed by atoms with E-state index in [1.165, 1.54) is 7.11 Å². The molecular formula is C14H15Cl3N2O5S. The van der Waals surface area contributed by atoms with Crippen LogP contribution in [0.15, 0.2) is 29.4 Å². The molecule has 1 saturated heterocycles. The van der Waals surface area contributed by atoms with E-state index in [4.69, 9.17) is 39.5 Å². The molecular weight excluding hydrogens is 415 g/mol. The van der Waals surface area contributed by atoms with Gasteiger partial charge in [0.2, 0.25) is 0 Å². The fraction of sp³-hybridized carbons (Fsp3) is 0.429. The first-order valence-corrected chi connectivity index (χ1v) is 9.92. The van der Waals surface area contributed by atoms with Crippen molar-refractivity contribution < 1.29 is 22.2 Å². The number of hydrogen-bond acceptors (Lipinski definition) is 7. The lowest BCUT2D eigenvalue weighted by Crippen LogP contribution is -2.59. The summed E-state index contributed by atoms with van der Waals surface area (Å²) in [7, 11) is -2.68. The van der Waals surface area contributed by atoms with Crippen molar-refractivity contribution >= 4 is 56.6 Å². The molecule has 7 nitrogen and oxygen atoms in total. The summed E-state index contributed by atoms with van der Waals surface area (Å²) in [6.07, 6.45) is 0.939. The lowest BCUT2D eigenvalue weighted by molar-refractivity contribution is -0.143. The van der Waals surface area contributed by atoms with Crippen LogP contribution in [0.3, 0.4) is 0 Å². The number of oxime groups is 1. The Morgan fingerprint density at radius 3 is 2.44 bits per heavy atom. The molecule has 1 fully saturated rings. The molecule has 0 amide bonds. The monoisotopic (exact) mass is 428 g/mol. The van der Waals surface area contributed by atoms with E-state index in [1.807, 2.05) is 0 Å². The second kappa shape index (κ2) is 7.67. The van der Waals surface area contributed by atoms with E-state index in [0.29, 0.717) is 5.02 Å². The van der Waals surface area contributed by atoms with Crippen LogP contribution in [0.4, 0.5) is 0 Å². The number of rotatable bonds is 4. The number of hydrogen-bond donors (Lipinski definition) is 1. The minimum absolute atomic E-state index is 0.0182. The lowest BCUT2D eigenvalue weighted by atomic mass is 9.91. The fourth-order valence-corrected chi connectivity index (χ4v) is 3.19. The van der Waals surface area contributed by atoms with Gasteiger partial charge in [-0.3, -0.25) is 14.4 Å². The standard InChI is InChI=1S/C14H15Cl3N2O5S/c1-23-13(20)12-14(16,17)11(19-24-25(2,21)22)7-10(18-12)8-3-5-9(15)6-4-8/h3-6,10,12,18H,7H2,1-2H3. The highest BCUT2D eigenvalue weighted by atomic mass is 35.5. The van der Waals surface area contributed by atoms with Crippen molar-refractivity contribution in [3.05, 3.63) is 34.9 Å². The third-order valence-corrected chi connectivity index (χ3v) is 4.97. The maximum absolute atomic E-state index is 12.1. The van der Waals surface area contributed by atoms with Crippen LogP contribution in [-0.4, -0.2) is 43.8 Å². The number of nitrogens with one attached hydrogen (secondary N) is 1. The van der Waals surface area contributed by atoms with Crippen molar-refractivity contribution in [2.45, 2.75) is 22.8 Å². The molecule has 1 heterocycles. The Morgan fingerprint density at radius 1 is 1.32 bits per heavy atom. The van der Waals surface area contributed by atoms with Crippen LogP contribution in [-0.2, 0) is 23.9 Å². The van der Waals surface area contributed by atoms with Crippen molar-refractivity contribution in [2.75, 3.05) is 13.4 Å². The normalized spacial score (nSPS) is 24.8. The number of alkyl halides is 2. The number of methoxy groups -OCH3 is 1. The van der Waals surface area contributed by atoms with Crippen LogP contribution >= 0.6 is 34.8 Å². The van der Waals surface area contributed by atoms with E-state index in [0.717, 1.165) is 11.8 Å². The molecule has 0 spiro atoms. The SMILES string of the molecule is COC(=O)C1NC(c2ccc(Cl)cc2)CC(=NOS(C)(=O)=O)C1(Cl)Cl. The second-order valence-electron chi connectivity index (χ2n) is 5.37. The molecule has 0 aliphatic carbocycles. The summed E-state index contributed by atoms with van der Waals surface area (Å²) in [5.74, 6) is -0.726. The van der Waals surface area contributed by atoms with Gasteiger partial charge in [-0.2, -0.15) is 8.42 Å². The van der Waals surface area contributed by atoms with Gasteiger partial charge in [-0.25, -0.2) is 0 Å². The number of halogens is 3. The van der Waals surface area contributed by atoms with E-state index < -0.39 is 32.5 Å². The Balaban J connectivity index is 2.42. The highest BCUT2D eigenvalue weighted by Crippen LogP contribution is 2.38. The summed E-state index contributed by atoms with van der Waals surface area (Å²) >= 11 is 18.4. The molecule has 1 aromatic rings. The molecule has 2 unspecified atom stereocenters. The molecule has 138 valence electrons. The molecule has 0 radical (unpaired) electrons. The van der Waals surface area contributed by atoms with Gasteiger partial charge in [0, 0.05) is 17.5 Å². The predicted octanol–water partition coefficient (Wildman–Crippen LogP) is 2.42. The molecule has 11 heteroatoms. The average Bonchev–Trinajstić information content (AvgIpc) is 2.52. The fourth-order valence-electron chi connectivity index (χ4n) is 2.31. The van der Waals surface area contributed by atoms with Crippen LogP contribution < -0.4 is 5.32 Å². The van der Waals surface area contributed by atoms with Crippen molar-refractivity contribution in [1.82, 2.24) is 5.32 Å². The minimum Gasteiger partial charge on any atom is -0.468 e. The number of ether oxygens (including phenoxy) is 1. The van der Waals surface area contributed by atoms with Crippen molar-refractivity contribution in [1.29, 1.82) is 0 Å². The maximum atomic E-state index is 12.1. The number of piperidine rings is 1. The zero-order valence-electron chi connectivity index (χ0n) is 13.2. The van der Waals surface area contributed by atoms with Crippen LogP contribution in [0.1, 0.15) is 18.0 Å². The summed E-state index contributed by atoms with van der Waals surface area (Å²) in [4.78, 5) is 12.1. The Kier molecular flexibility index (Phi) is 6.22. The average molecular weight is 430 g/mol. The van der Waals surface area contributed by atoms with Crippen LogP contribution in [0.2, 0.25) is 5.02 Å². The van der Waals surface area contributed by atoms with Crippen molar-refractivity contribution in [3.63, 3.8) is 0 Å². The van der Waals surface area contributed by atoms with Crippen LogP contribution in [0.5, 0.6) is 0 Å². The van der Waals surface area contributed by atoms with E-state index in [9.17, 15) is 13.2 Å². The zero-order chi connectivity index (χ0) is 18.8.